The van der Waals surface area contributed by atoms with Gasteiger partial charge in [-0.1, -0.05) is 30.0 Å². The maximum Gasteiger partial charge on any atom is 0.222 e. The summed E-state index contributed by atoms with van der Waals surface area (Å²) in [5.41, 5.74) is 1.71. The van der Waals surface area contributed by atoms with Gasteiger partial charge in [0.05, 0.1) is 24.5 Å². The maximum atomic E-state index is 13.4. The van der Waals surface area contributed by atoms with E-state index >= 15 is 0 Å². The van der Waals surface area contributed by atoms with E-state index in [0.717, 1.165) is 25.2 Å². The summed E-state index contributed by atoms with van der Waals surface area (Å²) >= 11 is 0. The average molecular weight is 435 g/mol. The summed E-state index contributed by atoms with van der Waals surface area (Å²) in [6, 6.07) is 15.1. The molecule has 1 heterocycles. The molecule has 1 aliphatic heterocycles. The Morgan fingerprint density at radius 3 is 2.47 bits per heavy atom. The quantitative estimate of drug-likeness (QED) is 0.462. The Morgan fingerprint density at radius 1 is 1.12 bits per heavy atom. The fourth-order valence-corrected chi connectivity index (χ4v) is 3.20. The SMILES string of the molecule is CC(=O)N/C(NCCN1CCOCC1)=C(\C#Cc1ccccc1)C(=N)c1ccc(F)cc1. The molecule has 0 atom stereocenters. The number of halogens is 1. The number of nitrogens with one attached hydrogen (secondary N) is 3. The predicted molar refractivity (Wildman–Crippen MR) is 123 cm³/mol. The smallest absolute Gasteiger partial charge is 0.222 e. The molecule has 0 saturated carbocycles. The first kappa shape index (κ1) is 23.2. The average Bonchev–Trinajstić information content (AvgIpc) is 2.80. The molecule has 2 aromatic carbocycles. The van der Waals surface area contributed by atoms with Crippen molar-refractivity contribution in [3.8, 4) is 11.8 Å². The fourth-order valence-electron chi connectivity index (χ4n) is 3.20. The normalized spacial score (nSPS) is 14.6. The number of allylic oxidation sites excluding steroid dienone is 1. The van der Waals surface area contributed by atoms with Crippen molar-refractivity contribution < 1.29 is 13.9 Å². The zero-order valence-corrected chi connectivity index (χ0v) is 18.1. The summed E-state index contributed by atoms with van der Waals surface area (Å²) in [6.45, 7) is 5.85. The molecular weight excluding hydrogens is 407 g/mol. The molecule has 0 bridgehead atoms. The molecule has 166 valence electrons. The van der Waals surface area contributed by atoms with Crippen molar-refractivity contribution in [1.82, 2.24) is 15.5 Å². The summed E-state index contributed by atoms with van der Waals surface area (Å²) in [4.78, 5) is 14.2. The van der Waals surface area contributed by atoms with E-state index in [4.69, 9.17) is 10.1 Å². The molecule has 7 heteroatoms. The van der Waals surface area contributed by atoms with Gasteiger partial charge >= 0.3 is 0 Å². The summed E-state index contributed by atoms with van der Waals surface area (Å²) < 4.78 is 18.8. The van der Waals surface area contributed by atoms with Gasteiger partial charge in [-0.15, -0.1) is 0 Å². The summed E-state index contributed by atoms with van der Waals surface area (Å²) in [6.07, 6.45) is 0. The number of hydrogen-bond acceptors (Lipinski definition) is 5. The lowest BCUT2D eigenvalue weighted by Crippen LogP contribution is -2.42. The van der Waals surface area contributed by atoms with Gasteiger partial charge in [0.25, 0.3) is 0 Å². The maximum absolute atomic E-state index is 13.4. The van der Waals surface area contributed by atoms with Crippen LogP contribution in [-0.4, -0.2) is 55.9 Å². The zero-order chi connectivity index (χ0) is 22.8. The van der Waals surface area contributed by atoms with Crippen molar-refractivity contribution in [3.05, 3.63) is 82.9 Å². The van der Waals surface area contributed by atoms with Crippen LogP contribution in [0.15, 0.2) is 66.0 Å². The molecule has 32 heavy (non-hydrogen) atoms. The molecule has 1 amide bonds. The van der Waals surface area contributed by atoms with Crippen LogP contribution in [0.4, 0.5) is 4.39 Å². The molecular formula is C25H27FN4O2. The second kappa shape index (κ2) is 11.8. The van der Waals surface area contributed by atoms with E-state index in [0.29, 0.717) is 36.7 Å². The van der Waals surface area contributed by atoms with Crippen LogP contribution in [0.5, 0.6) is 0 Å². The number of morpholine rings is 1. The molecule has 0 aromatic heterocycles. The fraction of sp³-hybridized carbons (Fsp3) is 0.280. The molecule has 0 spiro atoms. The lowest BCUT2D eigenvalue weighted by molar-refractivity contribution is -0.118. The number of carbonyl (C=O) groups is 1. The van der Waals surface area contributed by atoms with E-state index in [9.17, 15) is 9.18 Å². The van der Waals surface area contributed by atoms with Crippen LogP contribution in [0.25, 0.3) is 0 Å². The third-order valence-corrected chi connectivity index (χ3v) is 4.87. The number of amides is 1. The number of hydrogen-bond donors (Lipinski definition) is 3. The Bertz CT molecular complexity index is 1020. The third kappa shape index (κ3) is 7.05. The minimum absolute atomic E-state index is 0.0936. The molecule has 3 rings (SSSR count). The van der Waals surface area contributed by atoms with E-state index in [1.807, 2.05) is 30.3 Å². The van der Waals surface area contributed by atoms with Gasteiger partial charge in [0.15, 0.2) is 0 Å². The molecule has 1 saturated heterocycles. The summed E-state index contributed by atoms with van der Waals surface area (Å²) in [5, 5.41) is 14.8. The van der Waals surface area contributed by atoms with Crippen molar-refractivity contribution in [2.45, 2.75) is 6.92 Å². The largest absolute Gasteiger partial charge is 0.379 e. The Kier molecular flexibility index (Phi) is 8.55. The van der Waals surface area contributed by atoms with E-state index in [2.05, 4.69) is 27.4 Å². The van der Waals surface area contributed by atoms with Crippen LogP contribution < -0.4 is 10.6 Å². The van der Waals surface area contributed by atoms with Crippen LogP contribution in [0, 0.1) is 23.1 Å². The number of benzene rings is 2. The Morgan fingerprint density at radius 2 is 1.81 bits per heavy atom. The first-order chi connectivity index (χ1) is 15.5. The molecule has 1 fully saturated rings. The van der Waals surface area contributed by atoms with Crippen LogP contribution in [0.2, 0.25) is 0 Å². The van der Waals surface area contributed by atoms with E-state index in [1.165, 1.54) is 31.2 Å². The second-order valence-corrected chi connectivity index (χ2v) is 7.31. The minimum Gasteiger partial charge on any atom is -0.379 e. The number of ether oxygens (including phenoxy) is 1. The van der Waals surface area contributed by atoms with Gasteiger partial charge in [0.1, 0.15) is 11.6 Å². The third-order valence-electron chi connectivity index (χ3n) is 4.87. The van der Waals surface area contributed by atoms with Gasteiger partial charge in [-0.25, -0.2) is 4.39 Å². The lowest BCUT2D eigenvalue weighted by atomic mass is 10.0. The highest BCUT2D eigenvalue weighted by Crippen LogP contribution is 2.12. The Labute approximate surface area is 188 Å². The van der Waals surface area contributed by atoms with Crippen molar-refractivity contribution in [2.75, 3.05) is 39.4 Å². The highest BCUT2D eigenvalue weighted by molar-refractivity contribution is 6.14. The van der Waals surface area contributed by atoms with Crippen LogP contribution in [-0.2, 0) is 9.53 Å². The lowest BCUT2D eigenvalue weighted by Gasteiger charge is -2.27. The van der Waals surface area contributed by atoms with Crippen molar-refractivity contribution in [2.24, 2.45) is 0 Å². The highest BCUT2D eigenvalue weighted by atomic mass is 19.1. The van der Waals surface area contributed by atoms with E-state index in [1.54, 1.807) is 0 Å². The van der Waals surface area contributed by atoms with Crippen LogP contribution >= 0.6 is 0 Å². The Hall–Kier alpha value is -3.47. The second-order valence-electron chi connectivity index (χ2n) is 7.31. The van der Waals surface area contributed by atoms with Gasteiger partial charge in [-0.05, 0) is 36.4 Å². The van der Waals surface area contributed by atoms with Gasteiger partial charge in [-0.3, -0.25) is 15.1 Å². The molecule has 3 N–H and O–H groups in total. The number of carbonyl (C=O) groups excluding carboxylic acids is 1. The topological polar surface area (TPSA) is 77.5 Å². The first-order valence-electron chi connectivity index (χ1n) is 10.5. The molecule has 0 radical (unpaired) electrons. The highest BCUT2D eigenvalue weighted by Gasteiger charge is 2.15. The van der Waals surface area contributed by atoms with Crippen molar-refractivity contribution in [1.29, 1.82) is 5.41 Å². The predicted octanol–water partition coefficient (Wildman–Crippen LogP) is 2.51. The molecule has 2 aromatic rings. The monoisotopic (exact) mass is 434 g/mol. The molecule has 0 aliphatic carbocycles. The van der Waals surface area contributed by atoms with Crippen LogP contribution in [0.1, 0.15) is 18.1 Å². The number of nitrogens with zero attached hydrogens (tertiary/aromatic N) is 1. The minimum atomic E-state index is -0.381. The Balaban J connectivity index is 1.91. The van der Waals surface area contributed by atoms with Crippen LogP contribution in [0.3, 0.4) is 0 Å². The standard InChI is InChI=1S/C25H27FN4O2/c1-19(31)29-25(28-13-14-30-15-17-32-18-16-30)23(12-7-20-5-3-2-4-6-20)24(27)21-8-10-22(26)11-9-21/h2-6,8-11,27-28H,13-18H2,1H3,(H,29,31)/b25-23+,27-24?. The van der Waals surface area contributed by atoms with Gasteiger partial charge in [-0.2, -0.15) is 0 Å². The summed E-state index contributed by atoms with van der Waals surface area (Å²) in [5.74, 6) is 5.81. The van der Waals surface area contributed by atoms with Gasteiger partial charge in [0, 0.05) is 44.2 Å². The van der Waals surface area contributed by atoms with Gasteiger partial charge in [0.2, 0.25) is 5.91 Å². The first-order valence-corrected chi connectivity index (χ1v) is 10.5. The van der Waals surface area contributed by atoms with Crippen molar-refractivity contribution in [3.63, 3.8) is 0 Å². The van der Waals surface area contributed by atoms with Crippen molar-refractivity contribution >= 4 is 11.6 Å². The molecule has 0 unspecified atom stereocenters. The molecule has 6 nitrogen and oxygen atoms in total. The van der Waals surface area contributed by atoms with E-state index < -0.39 is 0 Å². The zero-order valence-electron chi connectivity index (χ0n) is 18.1. The summed E-state index contributed by atoms with van der Waals surface area (Å²) in [7, 11) is 0. The number of rotatable bonds is 7. The molecule has 1 aliphatic rings. The van der Waals surface area contributed by atoms with Gasteiger partial charge < -0.3 is 15.4 Å². The van der Waals surface area contributed by atoms with E-state index in [-0.39, 0.29) is 17.4 Å².